The lowest BCUT2D eigenvalue weighted by Gasteiger charge is -2.35. The summed E-state index contributed by atoms with van der Waals surface area (Å²) < 4.78 is 11.5. The van der Waals surface area contributed by atoms with Gasteiger partial charge in [-0.05, 0) is 24.6 Å². The van der Waals surface area contributed by atoms with Gasteiger partial charge in [0.25, 0.3) is 5.91 Å². The molecule has 6 heteroatoms. The lowest BCUT2D eigenvalue weighted by atomic mass is 10.2. The summed E-state index contributed by atoms with van der Waals surface area (Å²) in [7, 11) is 0. The van der Waals surface area contributed by atoms with Gasteiger partial charge >= 0.3 is 0 Å². The molecule has 0 bridgehead atoms. The van der Waals surface area contributed by atoms with Crippen molar-refractivity contribution in [3.05, 3.63) is 65.2 Å². The maximum absolute atomic E-state index is 12.6. The van der Waals surface area contributed by atoms with Gasteiger partial charge in [-0.25, -0.2) is 0 Å². The molecule has 0 aromatic heterocycles. The van der Waals surface area contributed by atoms with Crippen molar-refractivity contribution in [3.63, 3.8) is 0 Å². The normalized spacial score (nSPS) is 16.0. The molecule has 0 radical (unpaired) electrons. The fourth-order valence-corrected chi connectivity index (χ4v) is 3.35. The Morgan fingerprint density at radius 2 is 1.71 bits per heavy atom. The van der Waals surface area contributed by atoms with Crippen LogP contribution >= 0.6 is 11.6 Å². The first-order valence-electron chi connectivity index (χ1n) is 9.67. The number of hydrogen-bond acceptors (Lipinski definition) is 4. The highest BCUT2D eigenvalue weighted by Gasteiger charge is 2.25. The summed E-state index contributed by atoms with van der Waals surface area (Å²) in [4.78, 5) is 16.8. The fourth-order valence-electron chi connectivity index (χ4n) is 3.16. The lowest BCUT2D eigenvalue weighted by Crippen LogP contribution is -2.52. The average Bonchev–Trinajstić information content (AvgIpc) is 2.74. The quantitative estimate of drug-likeness (QED) is 0.678. The number of carbonyl (C=O) groups excluding carboxylic acids is 1. The molecular formula is C22H27ClN2O3. The minimum atomic E-state index is -0.435. The summed E-state index contributed by atoms with van der Waals surface area (Å²) in [6.07, 6.45) is -0.435. The molecule has 1 fully saturated rings. The Balaban J connectivity index is 1.36. The number of rotatable bonds is 8. The smallest absolute Gasteiger partial charge is 0.251 e. The van der Waals surface area contributed by atoms with Gasteiger partial charge in [-0.1, -0.05) is 54.1 Å². The highest BCUT2D eigenvalue weighted by molar-refractivity contribution is 6.32. The van der Waals surface area contributed by atoms with Crippen molar-refractivity contribution < 1.29 is 14.3 Å². The second-order valence-electron chi connectivity index (χ2n) is 6.88. The summed E-state index contributed by atoms with van der Waals surface area (Å²) >= 11 is 6.10. The molecule has 1 heterocycles. The Morgan fingerprint density at radius 1 is 1.04 bits per heavy atom. The van der Waals surface area contributed by atoms with E-state index in [1.807, 2.05) is 66.4 Å². The van der Waals surface area contributed by atoms with Crippen LogP contribution in [0.25, 0.3) is 0 Å². The molecule has 1 atom stereocenters. The molecule has 0 N–H and O–H groups in total. The van der Waals surface area contributed by atoms with Gasteiger partial charge in [-0.15, -0.1) is 0 Å². The molecule has 5 nitrogen and oxygen atoms in total. The predicted molar refractivity (Wildman–Crippen MR) is 111 cm³/mol. The molecule has 2 aromatic rings. The zero-order valence-electron chi connectivity index (χ0n) is 16.2. The molecule has 1 amide bonds. The van der Waals surface area contributed by atoms with E-state index in [0.717, 1.165) is 25.2 Å². The van der Waals surface area contributed by atoms with E-state index < -0.39 is 6.10 Å². The molecule has 1 aliphatic rings. The summed E-state index contributed by atoms with van der Waals surface area (Å²) in [6, 6.07) is 17.4. The van der Waals surface area contributed by atoms with Crippen LogP contribution in [0.3, 0.4) is 0 Å². The number of amides is 1. The number of piperazine rings is 1. The standard InChI is InChI=1S/C22H27ClN2O3/c1-18(28-17-19-7-3-2-4-8-19)22(26)25-13-11-24(12-14-25)15-16-27-21-10-6-5-9-20(21)23/h2-10,18H,11-17H2,1H3. The number of carbonyl (C=O) groups is 1. The molecule has 150 valence electrons. The zero-order valence-corrected chi connectivity index (χ0v) is 17.0. The van der Waals surface area contributed by atoms with Crippen LogP contribution in [0.1, 0.15) is 12.5 Å². The van der Waals surface area contributed by atoms with Crippen LogP contribution in [-0.4, -0.2) is 61.1 Å². The van der Waals surface area contributed by atoms with E-state index in [0.29, 0.717) is 37.1 Å². The largest absolute Gasteiger partial charge is 0.491 e. The number of halogens is 1. The monoisotopic (exact) mass is 402 g/mol. The highest BCUT2D eigenvalue weighted by Crippen LogP contribution is 2.22. The van der Waals surface area contributed by atoms with E-state index in [2.05, 4.69) is 4.90 Å². The van der Waals surface area contributed by atoms with Gasteiger partial charge in [0.1, 0.15) is 18.5 Å². The van der Waals surface area contributed by atoms with Crippen LogP contribution in [0, 0.1) is 0 Å². The van der Waals surface area contributed by atoms with Crippen molar-refractivity contribution in [2.75, 3.05) is 39.3 Å². The Hall–Kier alpha value is -2.08. The zero-order chi connectivity index (χ0) is 19.8. The molecule has 1 unspecified atom stereocenters. The van der Waals surface area contributed by atoms with Gasteiger partial charge in [0.2, 0.25) is 0 Å². The molecule has 0 aliphatic carbocycles. The predicted octanol–water partition coefficient (Wildman–Crippen LogP) is 3.47. The average molecular weight is 403 g/mol. The van der Waals surface area contributed by atoms with E-state index in [-0.39, 0.29) is 5.91 Å². The molecule has 1 aliphatic heterocycles. The van der Waals surface area contributed by atoms with Crippen molar-refractivity contribution in [1.82, 2.24) is 9.80 Å². The van der Waals surface area contributed by atoms with Crippen molar-refractivity contribution in [2.24, 2.45) is 0 Å². The minimum absolute atomic E-state index is 0.0582. The minimum Gasteiger partial charge on any atom is -0.491 e. The third kappa shape index (κ3) is 5.96. The fraction of sp³-hybridized carbons (Fsp3) is 0.409. The molecule has 1 saturated heterocycles. The maximum Gasteiger partial charge on any atom is 0.251 e. The van der Waals surface area contributed by atoms with Gasteiger partial charge in [0.05, 0.1) is 11.6 Å². The first-order valence-corrected chi connectivity index (χ1v) is 10.1. The molecule has 0 saturated carbocycles. The number of nitrogens with zero attached hydrogens (tertiary/aromatic N) is 2. The second kappa shape index (κ2) is 10.5. The van der Waals surface area contributed by atoms with E-state index in [1.54, 1.807) is 0 Å². The Morgan fingerprint density at radius 3 is 2.43 bits per heavy atom. The van der Waals surface area contributed by atoms with Crippen molar-refractivity contribution in [3.8, 4) is 5.75 Å². The second-order valence-corrected chi connectivity index (χ2v) is 7.29. The van der Waals surface area contributed by atoms with Gasteiger partial charge in [-0.2, -0.15) is 0 Å². The number of para-hydroxylation sites is 1. The van der Waals surface area contributed by atoms with E-state index >= 15 is 0 Å². The summed E-state index contributed by atoms with van der Waals surface area (Å²) in [6.45, 7) is 6.77. The topological polar surface area (TPSA) is 42.0 Å². The first kappa shape index (κ1) is 20.6. The van der Waals surface area contributed by atoms with Crippen molar-refractivity contribution in [1.29, 1.82) is 0 Å². The Bertz CT molecular complexity index is 748. The number of hydrogen-bond donors (Lipinski definition) is 0. The van der Waals surface area contributed by atoms with Gasteiger partial charge in [-0.3, -0.25) is 9.69 Å². The summed E-state index contributed by atoms with van der Waals surface area (Å²) in [5, 5.41) is 0.627. The molecule has 28 heavy (non-hydrogen) atoms. The van der Waals surface area contributed by atoms with Crippen LogP contribution in [0.4, 0.5) is 0 Å². The van der Waals surface area contributed by atoms with Crippen molar-refractivity contribution in [2.45, 2.75) is 19.6 Å². The molecule has 3 rings (SSSR count). The lowest BCUT2D eigenvalue weighted by molar-refractivity contribution is -0.145. The van der Waals surface area contributed by atoms with E-state index in [1.165, 1.54) is 0 Å². The Kier molecular flexibility index (Phi) is 7.71. The van der Waals surface area contributed by atoms with Crippen LogP contribution in [0.2, 0.25) is 5.02 Å². The first-order chi connectivity index (χ1) is 13.6. The number of benzene rings is 2. The van der Waals surface area contributed by atoms with Gasteiger partial charge in [0, 0.05) is 32.7 Å². The Labute approximate surface area is 171 Å². The third-order valence-electron chi connectivity index (χ3n) is 4.88. The van der Waals surface area contributed by atoms with Crippen LogP contribution < -0.4 is 4.74 Å². The summed E-state index contributed by atoms with van der Waals surface area (Å²) in [5.74, 6) is 0.769. The van der Waals surface area contributed by atoms with Gasteiger partial charge in [0.15, 0.2) is 0 Å². The SMILES string of the molecule is CC(OCc1ccccc1)C(=O)N1CCN(CCOc2ccccc2Cl)CC1. The molecule has 2 aromatic carbocycles. The van der Waals surface area contributed by atoms with Crippen LogP contribution in [0.5, 0.6) is 5.75 Å². The van der Waals surface area contributed by atoms with Gasteiger partial charge < -0.3 is 14.4 Å². The van der Waals surface area contributed by atoms with E-state index in [9.17, 15) is 4.79 Å². The highest BCUT2D eigenvalue weighted by atomic mass is 35.5. The van der Waals surface area contributed by atoms with Crippen molar-refractivity contribution >= 4 is 17.5 Å². The maximum atomic E-state index is 12.6. The summed E-state index contributed by atoms with van der Waals surface area (Å²) in [5.41, 5.74) is 1.07. The van der Waals surface area contributed by atoms with Crippen LogP contribution in [-0.2, 0) is 16.1 Å². The number of ether oxygens (including phenoxy) is 2. The van der Waals surface area contributed by atoms with Crippen LogP contribution in [0.15, 0.2) is 54.6 Å². The third-order valence-corrected chi connectivity index (χ3v) is 5.19. The molecule has 0 spiro atoms. The van der Waals surface area contributed by atoms with E-state index in [4.69, 9.17) is 21.1 Å². The molecular weight excluding hydrogens is 376 g/mol.